The predicted molar refractivity (Wildman–Crippen MR) is 136 cm³/mol. The van der Waals surface area contributed by atoms with Gasteiger partial charge in [0.2, 0.25) is 0 Å². The third-order valence-electron chi connectivity index (χ3n) is 4.50. The maximum absolute atomic E-state index is 12.0. The molecule has 0 rings (SSSR count). The van der Waals surface area contributed by atoms with Gasteiger partial charge in [0.05, 0.1) is 6.61 Å². The first-order valence-electron chi connectivity index (χ1n) is 10.2. The molecule has 0 amide bonds. The molecule has 0 aliphatic heterocycles. The van der Waals surface area contributed by atoms with Crippen LogP contribution in [0.1, 0.15) is 104 Å². The standard InChI is InChI=1S/C20H37I3O2/c1-3-5-6-7-8-9-10-11-12-13-14-15-16-17-18(21)20(22,23)19(24)25-4-2/h18H,3-17H2,1-2H3. The van der Waals surface area contributed by atoms with Crippen molar-refractivity contribution in [3.8, 4) is 0 Å². The van der Waals surface area contributed by atoms with E-state index in [1.54, 1.807) is 0 Å². The van der Waals surface area contributed by atoms with Crippen LogP contribution in [-0.4, -0.2) is 17.9 Å². The summed E-state index contributed by atoms with van der Waals surface area (Å²) < 4.78 is 5.09. The summed E-state index contributed by atoms with van der Waals surface area (Å²) in [5.41, 5.74) is 0. The van der Waals surface area contributed by atoms with Crippen molar-refractivity contribution < 1.29 is 9.53 Å². The van der Waals surface area contributed by atoms with Crippen LogP contribution in [0.25, 0.3) is 0 Å². The quantitative estimate of drug-likeness (QED) is 0.0664. The molecule has 0 spiro atoms. The summed E-state index contributed by atoms with van der Waals surface area (Å²) >= 11 is 6.92. The molecule has 0 aliphatic rings. The lowest BCUT2D eigenvalue weighted by Crippen LogP contribution is -2.35. The summed E-state index contributed by atoms with van der Waals surface area (Å²) in [7, 11) is 0. The Hall–Kier alpha value is 1.66. The number of carbonyl (C=O) groups is 1. The molecule has 0 heterocycles. The zero-order valence-electron chi connectivity index (χ0n) is 16.1. The minimum Gasteiger partial charge on any atom is -0.464 e. The number of carbonyl (C=O) groups excluding carboxylic acids is 1. The minimum absolute atomic E-state index is 0.0784. The van der Waals surface area contributed by atoms with Crippen molar-refractivity contribution in [2.24, 2.45) is 0 Å². The van der Waals surface area contributed by atoms with Crippen molar-refractivity contribution >= 4 is 73.7 Å². The summed E-state index contributed by atoms with van der Waals surface area (Å²) in [6.45, 7) is 4.62. The highest BCUT2D eigenvalue weighted by atomic mass is 127. The van der Waals surface area contributed by atoms with Crippen molar-refractivity contribution in [2.75, 3.05) is 6.61 Å². The highest BCUT2D eigenvalue weighted by molar-refractivity contribution is 14.2. The van der Waals surface area contributed by atoms with Gasteiger partial charge in [-0.3, -0.25) is 0 Å². The van der Waals surface area contributed by atoms with Gasteiger partial charge in [-0.1, -0.05) is 158 Å². The second kappa shape index (κ2) is 17.7. The molecule has 2 nitrogen and oxygen atoms in total. The van der Waals surface area contributed by atoms with E-state index in [4.69, 9.17) is 4.74 Å². The molecule has 0 aromatic rings. The third kappa shape index (κ3) is 14.3. The second-order valence-electron chi connectivity index (χ2n) is 6.84. The average molecular weight is 690 g/mol. The van der Waals surface area contributed by atoms with Crippen LogP contribution < -0.4 is 0 Å². The van der Waals surface area contributed by atoms with Gasteiger partial charge in [-0.25, -0.2) is 4.79 Å². The summed E-state index contributed by atoms with van der Waals surface area (Å²) in [4.78, 5) is 12.0. The first-order valence-corrected chi connectivity index (χ1v) is 13.6. The van der Waals surface area contributed by atoms with Gasteiger partial charge in [0, 0.05) is 3.92 Å². The molecule has 0 bridgehead atoms. The van der Waals surface area contributed by atoms with Gasteiger partial charge in [0.15, 0.2) is 1.43 Å². The highest BCUT2D eigenvalue weighted by Crippen LogP contribution is 2.40. The van der Waals surface area contributed by atoms with Gasteiger partial charge in [-0.15, -0.1) is 0 Å². The third-order valence-corrected chi connectivity index (χ3v) is 10.8. The summed E-state index contributed by atoms with van der Waals surface area (Å²) in [5, 5.41) is 0. The number of alkyl halides is 3. The smallest absolute Gasteiger partial charge is 0.333 e. The van der Waals surface area contributed by atoms with Gasteiger partial charge < -0.3 is 4.74 Å². The Balaban J connectivity index is 3.47. The molecule has 0 aliphatic carbocycles. The van der Waals surface area contributed by atoms with E-state index in [2.05, 4.69) is 74.7 Å². The molecular formula is C20H37I3O2. The van der Waals surface area contributed by atoms with Gasteiger partial charge in [0.25, 0.3) is 0 Å². The van der Waals surface area contributed by atoms with Crippen LogP contribution in [0.4, 0.5) is 0 Å². The second-order valence-corrected chi connectivity index (χ2v) is 13.8. The van der Waals surface area contributed by atoms with E-state index < -0.39 is 1.43 Å². The molecule has 0 aromatic heterocycles. The van der Waals surface area contributed by atoms with Crippen molar-refractivity contribution in [3.05, 3.63) is 0 Å². The maximum Gasteiger partial charge on any atom is 0.333 e. The zero-order valence-corrected chi connectivity index (χ0v) is 22.6. The van der Waals surface area contributed by atoms with Crippen LogP contribution >= 0.6 is 67.8 Å². The van der Waals surface area contributed by atoms with Crippen LogP contribution in [0.2, 0.25) is 0 Å². The number of halogens is 3. The lowest BCUT2D eigenvalue weighted by Gasteiger charge is -2.24. The predicted octanol–water partition coefficient (Wildman–Crippen LogP) is 8.40. The van der Waals surface area contributed by atoms with E-state index in [1.807, 2.05) is 6.92 Å². The van der Waals surface area contributed by atoms with Crippen molar-refractivity contribution in [3.63, 3.8) is 0 Å². The highest BCUT2D eigenvalue weighted by Gasteiger charge is 2.40. The molecule has 0 saturated heterocycles. The largest absolute Gasteiger partial charge is 0.464 e. The molecule has 25 heavy (non-hydrogen) atoms. The Morgan fingerprint density at radius 2 is 1.20 bits per heavy atom. The minimum atomic E-state index is -0.427. The number of unbranched alkanes of at least 4 members (excludes halogenated alkanes) is 12. The van der Waals surface area contributed by atoms with Gasteiger partial charge in [0.1, 0.15) is 0 Å². The molecule has 0 N–H and O–H groups in total. The fraction of sp³-hybridized carbons (Fsp3) is 0.950. The van der Waals surface area contributed by atoms with Crippen LogP contribution in [-0.2, 0) is 9.53 Å². The number of hydrogen-bond donors (Lipinski definition) is 0. The number of rotatable bonds is 17. The van der Waals surface area contributed by atoms with E-state index in [1.165, 1.54) is 83.5 Å². The normalized spacial score (nSPS) is 13.0. The molecule has 1 unspecified atom stereocenters. The van der Waals surface area contributed by atoms with Crippen LogP contribution in [0.3, 0.4) is 0 Å². The fourth-order valence-electron chi connectivity index (χ4n) is 2.88. The molecule has 150 valence electrons. The van der Waals surface area contributed by atoms with Gasteiger partial charge in [-0.2, -0.15) is 0 Å². The zero-order chi connectivity index (χ0) is 19.0. The van der Waals surface area contributed by atoms with Crippen molar-refractivity contribution in [2.45, 2.75) is 109 Å². The summed E-state index contributed by atoms with van der Waals surface area (Å²) in [6, 6.07) is 0. The Kier molecular flexibility index (Phi) is 18.9. The van der Waals surface area contributed by atoms with Crippen LogP contribution in [0, 0.1) is 0 Å². The first kappa shape index (κ1) is 26.7. The van der Waals surface area contributed by atoms with Crippen molar-refractivity contribution in [1.82, 2.24) is 0 Å². The Morgan fingerprint density at radius 3 is 1.60 bits per heavy atom. The number of esters is 1. The topological polar surface area (TPSA) is 26.3 Å². The SMILES string of the molecule is CCCCCCCCCCCCCCCC(I)C(I)(I)C(=O)OCC. The lowest BCUT2D eigenvalue weighted by molar-refractivity contribution is -0.142. The Labute approximate surface area is 197 Å². The Morgan fingerprint density at radius 1 is 0.800 bits per heavy atom. The van der Waals surface area contributed by atoms with Gasteiger partial charge in [-0.05, 0) is 13.3 Å². The fourth-order valence-corrected chi connectivity index (χ4v) is 4.51. The number of hydrogen-bond acceptors (Lipinski definition) is 2. The molecule has 1 atom stereocenters. The van der Waals surface area contributed by atoms with E-state index in [0.29, 0.717) is 10.5 Å². The summed E-state index contributed by atoms with van der Waals surface area (Å²) in [5.74, 6) is -0.0784. The van der Waals surface area contributed by atoms with E-state index in [9.17, 15) is 4.79 Å². The maximum atomic E-state index is 12.0. The number of ether oxygens (including phenoxy) is 1. The lowest BCUT2D eigenvalue weighted by atomic mass is 10.0. The molecule has 0 fully saturated rings. The first-order chi connectivity index (χ1) is 12.0. The molecular weight excluding hydrogens is 653 g/mol. The molecule has 0 saturated carbocycles. The van der Waals surface area contributed by atoms with E-state index >= 15 is 0 Å². The molecule has 5 heteroatoms. The van der Waals surface area contributed by atoms with Crippen LogP contribution in [0.15, 0.2) is 0 Å². The van der Waals surface area contributed by atoms with Gasteiger partial charge >= 0.3 is 5.97 Å². The average Bonchev–Trinajstić information content (AvgIpc) is 2.58. The molecule has 0 radical (unpaired) electrons. The van der Waals surface area contributed by atoms with Crippen LogP contribution in [0.5, 0.6) is 0 Å². The van der Waals surface area contributed by atoms with Crippen molar-refractivity contribution in [1.29, 1.82) is 0 Å². The monoisotopic (exact) mass is 690 g/mol. The summed E-state index contributed by atoms with van der Waals surface area (Å²) in [6.07, 6.45) is 19.1. The Bertz CT molecular complexity index is 322. The van der Waals surface area contributed by atoms with E-state index in [0.717, 1.165) is 6.42 Å². The molecule has 0 aromatic carbocycles. The van der Waals surface area contributed by atoms with E-state index in [-0.39, 0.29) is 5.97 Å².